The Morgan fingerprint density at radius 2 is 1.73 bits per heavy atom. The molecule has 2 aliphatic heterocycles. The molecule has 1 aromatic heterocycles. The van der Waals surface area contributed by atoms with Gasteiger partial charge in [-0.15, -0.1) is 0 Å². The number of sulfone groups is 1. The minimum absolute atomic E-state index is 0.184. The smallest absolute Gasteiger partial charge is 0.409 e. The summed E-state index contributed by atoms with van der Waals surface area (Å²) in [5.41, 5.74) is 2.31. The van der Waals surface area contributed by atoms with Gasteiger partial charge >= 0.3 is 17.9 Å². The van der Waals surface area contributed by atoms with Crippen molar-refractivity contribution < 1.29 is 27.5 Å². The van der Waals surface area contributed by atoms with Crippen molar-refractivity contribution in [3.05, 3.63) is 41.1 Å². The van der Waals surface area contributed by atoms with E-state index >= 15 is 0 Å². The van der Waals surface area contributed by atoms with Gasteiger partial charge in [0.15, 0.2) is 9.84 Å². The third-order valence-electron chi connectivity index (χ3n) is 5.65. The maximum Gasteiger partial charge on any atom is 0.409 e. The molecule has 1 fully saturated rings. The lowest BCUT2D eigenvalue weighted by Gasteiger charge is -2.33. The number of nitrogens with zero attached hydrogens (tertiary/aromatic N) is 4. The van der Waals surface area contributed by atoms with Gasteiger partial charge in [-0.25, -0.2) is 17.9 Å². The number of ether oxygens (including phenoxy) is 1. The Morgan fingerprint density at radius 1 is 1.06 bits per heavy atom. The highest BCUT2D eigenvalue weighted by atomic mass is 32.2. The maximum atomic E-state index is 12.9. The molecule has 0 atom stereocenters. The molecule has 3 amide bonds. The van der Waals surface area contributed by atoms with Crippen LogP contribution in [-0.4, -0.2) is 78.7 Å². The van der Waals surface area contributed by atoms with Crippen molar-refractivity contribution in [1.82, 2.24) is 19.6 Å². The number of aryl methyl sites for hydroxylation is 1. The molecule has 11 nitrogen and oxygen atoms in total. The average molecular weight is 476 g/mol. The molecule has 1 N–H and O–H groups in total. The van der Waals surface area contributed by atoms with Crippen LogP contribution in [0.3, 0.4) is 0 Å². The van der Waals surface area contributed by atoms with Gasteiger partial charge in [-0.1, -0.05) is 18.2 Å². The van der Waals surface area contributed by atoms with Crippen LogP contribution in [-0.2, 0) is 35.7 Å². The summed E-state index contributed by atoms with van der Waals surface area (Å²) < 4.78 is 30.7. The van der Waals surface area contributed by atoms with E-state index in [0.717, 1.165) is 5.56 Å². The summed E-state index contributed by atoms with van der Waals surface area (Å²) in [6.07, 6.45) is -0.451. The molecule has 1 saturated heterocycles. The Labute approximate surface area is 191 Å². The Morgan fingerprint density at radius 3 is 2.39 bits per heavy atom. The summed E-state index contributed by atoms with van der Waals surface area (Å²) in [7, 11) is -3.36. The average Bonchev–Trinajstić information content (AvgIpc) is 3.26. The second-order valence-electron chi connectivity index (χ2n) is 7.94. The SMILES string of the molecule is CCOC(=O)N1CCN(C(=O)C(=O)Nc2c3c(nn2-c2ccccc2C)CS(=O)(=O)C3)CC1. The minimum atomic E-state index is -3.36. The van der Waals surface area contributed by atoms with Gasteiger partial charge in [0.2, 0.25) is 0 Å². The Hall–Kier alpha value is -3.41. The fraction of sp³-hybridized carbons (Fsp3) is 0.429. The van der Waals surface area contributed by atoms with Crippen LogP contribution in [0.1, 0.15) is 23.7 Å². The monoisotopic (exact) mass is 475 g/mol. The molecular formula is C21H25N5O6S. The molecule has 0 spiro atoms. The summed E-state index contributed by atoms with van der Waals surface area (Å²) in [4.78, 5) is 40.3. The van der Waals surface area contributed by atoms with Gasteiger partial charge in [0.1, 0.15) is 5.82 Å². The summed E-state index contributed by atoms with van der Waals surface area (Å²) in [6, 6.07) is 7.35. The largest absolute Gasteiger partial charge is 0.450 e. The van der Waals surface area contributed by atoms with Gasteiger partial charge in [0.25, 0.3) is 0 Å². The van der Waals surface area contributed by atoms with Gasteiger partial charge in [0.05, 0.1) is 29.5 Å². The summed E-state index contributed by atoms with van der Waals surface area (Å²) in [5.74, 6) is -1.93. The van der Waals surface area contributed by atoms with Crippen LogP contribution in [0.4, 0.5) is 10.6 Å². The van der Waals surface area contributed by atoms with E-state index in [9.17, 15) is 22.8 Å². The topological polar surface area (TPSA) is 131 Å². The highest BCUT2D eigenvalue weighted by molar-refractivity contribution is 7.90. The number of carbonyl (C=O) groups is 3. The van der Waals surface area contributed by atoms with E-state index in [1.807, 2.05) is 25.1 Å². The van der Waals surface area contributed by atoms with Crippen molar-refractivity contribution >= 4 is 33.6 Å². The fourth-order valence-corrected chi connectivity index (χ4v) is 5.45. The van der Waals surface area contributed by atoms with Crippen LogP contribution in [0.25, 0.3) is 5.69 Å². The normalized spacial score (nSPS) is 16.9. The van der Waals surface area contributed by atoms with E-state index in [1.54, 1.807) is 13.0 Å². The van der Waals surface area contributed by atoms with Crippen molar-refractivity contribution in [1.29, 1.82) is 0 Å². The third-order valence-corrected chi connectivity index (χ3v) is 7.09. The molecule has 1 aromatic carbocycles. The molecule has 2 aliphatic rings. The first-order valence-corrected chi connectivity index (χ1v) is 12.4. The zero-order chi connectivity index (χ0) is 23.8. The first-order valence-electron chi connectivity index (χ1n) is 10.6. The molecule has 33 heavy (non-hydrogen) atoms. The number of anilines is 1. The van der Waals surface area contributed by atoms with E-state index in [4.69, 9.17) is 4.74 Å². The molecular weight excluding hydrogens is 450 g/mol. The van der Waals surface area contributed by atoms with Gasteiger partial charge in [-0.2, -0.15) is 5.10 Å². The van der Waals surface area contributed by atoms with Crippen LogP contribution in [0.2, 0.25) is 0 Å². The number of carbonyl (C=O) groups excluding carboxylic acids is 3. The zero-order valence-electron chi connectivity index (χ0n) is 18.4. The molecule has 3 heterocycles. The van der Waals surface area contributed by atoms with Gasteiger partial charge in [-0.05, 0) is 25.5 Å². The molecule has 0 aliphatic carbocycles. The quantitative estimate of drug-likeness (QED) is 0.651. The predicted octanol–water partition coefficient (Wildman–Crippen LogP) is 0.848. The number of nitrogens with one attached hydrogen (secondary N) is 1. The van der Waals surface area contributed by atoms with Crippen LogP contribution < -0.4 is 5.32 Å². The summed E-state index contributed by atoms with van der Waals surface area (Å²) >= 11 is 0. The Bertz CT molecular complexity index is 1210. The van der Waals surface area contributed by atoms with E-state index in [0.29, 0.717) is 16.9 Å². The molecule has 0 unspecified atom stereocenters. The molecule has 0 bridgehead atoms. The van der Waals surface area contributed by atoms with Crippen LogP contribution >= 0.6 is 0 Å². The van der Waals surface area contributed by atoms with Crippen molar-refractivity contribution in [2.24, 2.45) is 0 Å². The van der Waals surface area contributed by atoms with E-state index in [-0.39, 0.29) is 50.1 Å². The highest BCUT2D eigenvalue weighted by Gasteiger charge is 2.35. The zero-order valence-corrected chi connectivity index (χ0v) is 19.2. The predicted molar refractivity (Wildman–Crippen MR) is 118 cm³/mol. The van der Waals surface area contributed by atoms with E-state index < -0.39 is 27.7 Å². The minimum Gasteiger partial charge on any atom is -0.450 e. The number of amides is 3. The second-order valence-corrected chi connectivity index (χ2v) is 10.0. The molecule has 2 aromatic rings. The molecule has 0 radical (unpaired) electrons. The number of benzene rings is 1. The van der Waals surface area contributed by atoms with Crippen LogP contribution in [0.5, 0.6) is 0 Å². The number of fused-ring (bicyclic) bond motifs is 1. The molecule has 12 heteroatoms. The van der Waals surface area contributed by atoms with Crippen molar-refractivity contribution in [2.75, 3.05) is 38.1 Å². The molecule has 4 rings (SSSR count). The number of rotatable bonds is 3. The number of hydrogen-bond donors (Lipinski definition) is 1. The first-order chi connectivity index (χ1) is 15.7. The standard InChI is InChI=1S/C21H25N5O6S/c1-3-32-21(29)25-10-8-24(9-11-25)20(28)19(27)22-18-15-12-33(30,31)13-16(15)23-26(18)17-7-5-4-6-14(17)2/h4-7H,3,8-13H2,1-2H3,(H,22,27). The maximum absolute atomic E-state index is 12.9. The van der Waals surface area contributed by atoms with Crippen molar-refractivity contribution in [3.63, 3.8) is 0 Å². The Kier molecular flexibility index (Phi) is 6.11. The summed E-state index contributed by atoms with van der Waals surface area (Å²) in [6.45, 7) is 4.74. The van der Waals surface area contributed by atoms with Gasteiger partial charge in [-0.3, -0.25) is 9.59 Å². The van der Waals surface area contributed by atoms with Crippen LogP contribution in [0, 0.1) is 6.92 Å². The third kappa shape index (κ3) is 4.56. The van der Waals surface area contributed by atoms with E-state index in [1.165, 1.54) is 14.5 Å². The Balaban J connectivity index is 1.54. The molecule has 176 valence electrons. The van der Waals surface area contributed by atoms with Crippen molar-refractivity contribution in [2.45, 2.75) is 25.4 Å². The lowest BCUT2D eigenvalue weighted by molar-refractivity contribution is -0.144. The van der Waals surface area contributed by atoms with Crippen LogP contribution in [0.15, 0.2) is 24.3 Å². The number of piperazine rings is 1. The number of aromatic nitrogens is 2. The second kappa shape index (κ2) is 8.85. The summed E-state index contributed by atoms with van der Waals surface area (Å²) in [5, 5.41) is 7.04. The highest BCUT2D eigenvalue weighted by Crippen LogP contribution is 2.33. The first kappa shape index (κ1) is 22.8. The lowest BCUT2D eigenvalue weighted by Crippen LogP contribution is -2.53. The lowest BCUT2D eigenvalue weighted by atomic mass is 10.2. The van der Waals surface area contributed by atoms with Gasteiger partial charge < -0.3 is 19.9 Å². The molecule has 0 saturated carbocycles. The number of para-hydroxylation sites is 1. The fourth-order valence-electron chi connectivity index (χ4n) is 3.96. The van der Waals surface area contributed by atoms with Crippen molar-refractivity contribution in [3.8, 4) is 5.69 Å². The van der Waals surface area contributed by atoms with Gasteiger partial charge in [0, 0.05) is 31.7 Å². The number of hydrogen-bond acceptors (Lipinski definition) is 7. The van der Waals surface area contributed by atoms with E-state index in [2.05, 4.69) is 10.4 Å².